The fourth-order valence-electron chi connectivity index (χ4n) is 6.79. The van der Waals surface area contributed by atoms with Gasteiger partial charge in [-0.3, -0.25) is 0 Å². The Bertz CT molecular complexity index is 2040. The number of hydrogen-bond acceptors (Lipinski definition) is 5. The Morgan fingerprint density at radius 2 is 1.37 bits per heavy atom. The molecule has 0 spiro atoms. The number of imidazole rings is 1. The second kappa shape index (κ2) is 16.0. The number of methoxy groups -OCH3 is 1. The molecule has 266 valence electrons. The molecule has 1 atom stereocenters. The lowest BCUT2D eigenvalue weighted by Gasteiger charge is -2.43. The van der Waals surface area contributed by atoms with E-state index in [0.29, 0.717) is 29.8 Å². The van der Waals surface area contributed by atoms with E-state index in [1.165, 1.54) is 41.7 Å². The van der Waals surface area contributed by atoms with Crippen LogP contribution in [0, 0.1) is 11.6 Å². The molecular formula is C43H42F2N2O4Si. The smallest absolute Gasteiger partial charge is 0.338 e. The van der Waals surface area contributed by atoms with Gasteiger partial charge in [-0.2, -0.15) is 0 Å². The molecule has 9 heteroatoms. The predicted octanol–water partition coefficient (Wildman–Crippen LogP) is 8.50. The highest BCUT2D eigenvalue weighted by Gasteiger charge is 2.50. The maximum atomic E-state index is 14.0. The number of carbonyl (C=O) groups excluding carboxylic acids is 1. The maximum absolute atomic E-state index is 14.0. The van der Waals surface area contributed by atoms with Crippen molar-refractivity contribution < 1.29 is 27.5 Å². The minimum atomic E-state index is -2.79. The van der Waals surface area contributed by atoms with Crippen LogP contribution >= 0.6 is 0 Å². The monoisotopic (exact) mass is 716 g/mol. The molecule has 0 aliphatic carbocycles. The Balaban J connectivity index is 1.27. The summed E-state index contributed by atoms with van der Waals surface area (Å²) < 4.78 is 48.7. The Morgan fingerprint density at radius 1 is 0.788 bits per heavy atom. The summed E-state index contributed by atoms with van der Waals surface area (Å²) in [5.74, 6) is -0.489. The van der Waals surface area contributed by atoms with Crippen LogP contribution in [-0.4, -0.2) is 37.6 Å². The van der Waals surface area contributed by atoms with Crippen LogP contribution in [0.25, 0.3) is 11.1 Å². The van der Waals surface area contributed by atoms with E-state index in [4.69, 9.17) is 18.9 Å². The van der Waals surface area contributed by atoms with E-state index in [1.807, 2.05) is 29.0 Å². The van der Waals surface area contributed by atoms with Crippen molar-refractivity contribution in [1.82, 2.24) is 9.55 Å². The lowest BCUT2D eigenvalue weighted by molar-refractivity contribution is 0.0600. The van der Waals surface area contributed by atoms with Gasteiger partial charge in [0.1, 0.15) is 23.6 Å². The number of rotatable bonds is 13. The van der Waals surface area contributed by atoms with Gasteiger partial charge in [0.15, 0.2) is 0 Å². The average molecular weight is 717 g/mol. The SMILES string of the molecule is COC(=O)c1ccc(C(OCCn2ccnc2CO[Si](c2ccccc2)(c2ccccc2)C(C)(C)C)c2ccc(F)cc2)cc1-c1ccc(F)cc1. The summed E-state index contributed by atoms with van der Waals surface area (Å²) in [4.78, 5) is 17.4. The molecule has 0 amide bonds. The van der Waals surface area contributed by atoms with Crippen LogP contribution in [0.4, 0.5) is 8.78 Å². The Morgan fingerprint density at radius 3 is 1.94 bits per heavy atom. The first-order chi connectivity index (χ1) is 25.1. The summed E-state index contributed by atoms with van der Waals surface area (Å²) in [5, 5.41) is 2.19. The van der Waals surface area contributed by atoms with E-state index in [1.54, 1.807) is 42.6 Å². The number of benzene rings is 5. The van der Waals surface area contributed by atoms with Gasteiger partial charge >= 0.3 is 5.97 Å². The van der Waals surface area contributed by atoms with Crippen molar-refractivity contribution in [2.75, 3.05) is 13.7 Å². The Hall–Kier alpha value is -5.22. The van der Waals surface area contributed by atoms with Gasteiger partial charge in [-0.25, -0.2) is 18.6 Å². The van der Waals surface area contributed by atoms with Gasteiger partial charge in [-0.15, -0.1) is 0 Å². The zero-order chi connectivity index (χ0) is 36.7. The fourth-order valence-corrected chi connectivity index (χ4v) is 11.3. The molecule has 0 N–H and O–H groups in total. The summed E-state index contributed by atoms with van der Waals surface area (Å²) >= 11 is 0. The third kappa shape index (κ3) is 7.82. The van der Waals surface area contributed by atoms with Crippen molar-refractivity contribution >= 4 is 24.7 Å². The highest BCUT2D eigenvalue weighted by Crippen LogP contribution is 2.37. The first-order valence-corrected chi connectivity index (χ1v) is 19.1. The normalized spacial score (nSPS) is 12.4. The first-order valence-electron chi connectivity index (χ1n) is 17.2. The molecule has 6 rings (SSSR count). The topological polar surface area (TPSA) is 62.6 Å². The van der Waals surface area contributed by atoms with Crippen LogP contribution in [0.2, 0.25) is 5.04 Å². The molecule has 1 aromatic heterocycles. The van der Waals surface area contributed by atoms with Gasteiger partial charge in [-0.1, -0.05) is 112 Å². The number of nitrogens with zero attached hydrogens (tertiary/aromatic N) is 2. The molecule has 0 bridgehead atoms. The van der Waals surface area contributed by atoms with E-state index in [-0.39, 0.29) is 23.3 Å². The van der Waals surface area contributed by atoms with E-state index in [0.717, 1.165) is 17.0 Å². The third-order valence-electron chi connectivity index (χ3n) is 9.33. The van der Waals surface area contributed by atoms with Gasteiger partial charge in [0, 0.05) is 18.9 Å². The molecule has 5 aromatic carbocycles. The number of carbonyl (C=O) groups is 1. The maximum Gasteiger partial charge on any atom is 0.338 e. The summed E-state index contributed by atoms with van der Waals surface area (Å²) in [5.41, 5.74) is 3.01. The summed E-state index contributed by atoms with van der Waals surface area (Å²) in [6.07, 6.45) is 3.08. The van der Waals surface area contributed by atoms with Crippen molar-refractivity contribution in [3.63, 3.8) is 0 Å². The van der Waals surface area contributed by atoms with Gasteiger partial charge < -0.3 is 18.5 Å². The zero-order valence-corrected chi connectivity index (χ0v) is 30.8. The third-order valence-corrected chi connectivity index (χ3v) is 14.3. The largest absolute Gasteiger partial charge is 0.465 e. The first kappa shape index (κ1) is 36.6. The second-order valence-corrected chi connectivity index (χ2v) is 17.9. The van der Waals surface area contributed by atoms with Crippen molar-refractivity contribution in [2.45, 2.75) is 45.1 Å². The predicted molar refractivity (Wildman–Crippen MR) is 202 cm³/mol. The zero-order valence-electron chi connectivity index (χ0n) is 29.8. The minimum absolute atomic E-state index is 0.186. The van der Waals surface area contributed by atoms with Gasteiger partial charge in [-0.05, 0) is 74.1 Å². The number of hydrogen-bond donors (Lipinski definition) is 0. The number of aromatic nitrogens is 2. The van der Waals surface area contributed by atoms with Crippen molar-refractivity contribution in [1.29, 1.82) is 0 Å². The molecule has 0 saturated carbocycles. The number of esters is 1. The van der Waals surface area contributed by atoms with Gasteiger partial charge in [0.25, 0.3) is 8.32 Å². The summed E-state index contributed by atoms with van der Waals surface area (Å²) in [6, 6.07) is 38.4. The lowest BCUT2D eigenvalue weighted by atomic mass is 9.93. The van der Waals surface area contributed by atoms with Crippen molar-refractivity contribution in [3.05, 3.63) is 174 Å². The van der Waals surface area contributed by atoms with Gasteiger partial charge in [0.05, 0.1) is 25.9 Å². The molecule has 0 aliphatic heterocycles. The highest BCUT2D eigenvalue weighted by atomic mass is 28.4. The van der Waals surface area contributed by atoms with Crippen molar-refractivity contribution in [3.8, 4) is 11.1 Å². The molecule has 0 radical (unpaired) electrons. The average Bonchev–Trinajstić information content (AvgIpc) is 3.61. The minimum Gasteiger partial charge on any atom is -0.465 e. The van der Waals surface area contributed by atoms with E-state index >= 15 is 0 Å². The quantitative estimate of drug-likeness (QED) is 0.0887. The standard InChI is InChI=1S/C43H42F2N2O4Si/c1-43(2,3)52(36-11-7-5-8-12-36,37-13-9-6-10-14-37)51-30-40-46-25-26-47(40)27-28-50-41(32-17-22-35(45)23-18-32)33-19-24-38(42(48)49-4)39(29-33)31-15-20-34(44)21-16-31/h5-26,29,41H,27-28,30H2,1-4H3. The molecule has 0 saturated heterocycles. The van der Waals surface area contributed by atoms with Crippen LogP contribution in [-0.2, 0) is 27.1 Å². The lowest BCUT2D eigenvalue weighted by Crippen LogP contribution is -2.66. The molecule has 52 heavy (non-hydrogen) atoms. The second-order valence-electron chi connectivity index (χ2n) is 13.6. The van der Waals surface area contributed by atoms with E-state index in [9.17, 15) is 13.6 Å². The van der Waals surface area contributed by atoms with Crippen LogP contribution in [0.3, 0.4) is 0 Å². The molecule has 0 fully saturated rings. The summed E-state index contributed by atoms with van der Waals surface area (Å²) in [7, 11) is -1.47. The van der Waals surface area contributed by atoms with E-state index < -0.39 is 20.4 Å². The van der Waals surface area contributed by atoms with Crippen molar-refractivity contribution in [2.24, 2.45) is 0 Å². The molecule has 6 aromatic rings. The van der Waals surface area contributed by atoms with Crippen LogP contribution in [0.1, 0.15) is 54.2 Å². The Labute approximate surface area is 304 Å². The Kier molecular flexibility index (Phi) is 11.2. The molecule has 6 nitrogen and oxygen atoms in total. The summed E-state index contributed by atoms with van der Waals surface area (Å²) in [6.45, 7) is 7.80. The molecule has 0 aliphatic rings. The van der Waals surface area contributed by atoms with Crippen LogP contribution < -0.4 is 10.4 Å². The molecule has 1 heterocycles. The fraction of sp³-hybridized carbons (Fsp3) is 0.209. The van der Waals surface area contributed by atoms with E-state index in [2.05, 4.69) is 69.3 Å². The van der Waals surface area contributed by atoms with Crippen LogP contribution in [0.15, 0.2) is 140 Å². The van der Waals surface area contributed by atoms with Crippen LogP contribution in [0.5, 0.6) is 0 Å². The number of ether oxygens (including phenoxy) is 2. The van der Waals surface area contributed by atoms with Gasteiger partial charge in [0.2, 0.25) is 0 Å². The molecule has 1 unspecified atom stereocenters. The molecular weight excluding hydrogens is 675 g/mol. The highest BCUT2D eigenvalue weighted by molar-refractivity contribution is 6.99. The number of halogens is 2.